The van der Waals surface area contributed by atoms with E-state index in [9.17, 15) is 33.9 Å². The Morgan fingerprint density at radius 3 is 0.625 bits per heavy atom. The molecule has 0 spiro atoms. The molecule has 0 aliphatic heterocycles. The zero-order valence-corrected chi connectivity index (χ0v) is 52.1. The van der Waals surface area contributed by atoms with Crippen molar-refractivity contribution in [3.05, 3.63) is 0 Å². The Bertz CT molecular complexity index is 1270. The molecular weight excluding hydrogens is 1010 g/mol. The Hall–Kier alpha value is -3.26. The van der Waals surface area contributed by atoms with Gasteiger partial charge in [0.15, 0.2) is 0 Å². The number of esters is 6. The summed E-state index contributed by atoms with van der Waals surface area (Å²) in [6, 6.07) is 0. The first-order valence-corrected chi connectivity index (χ1v) is 33.3. The number of hydrogen-bond acceptors (Lipinski definition) is 14. The molecule has 1 N–H and O–H groups in total. The molecule has 0 bridgehead atoms. The lowest BCUT2D eigenvalue weighted by Gasteiger charge is -2.21. The van der Waals surface area contributed by atoms with Crippen LogP contribution >= 0.6 is 0 Å². The highest BCUT2D eigenvalue weighted by Crippen LogP contribution is 2.16. The third-order valence-electron chi connectivity index (χ3n) is 14.9. The van der Waals surface area contributed by atoms with E-state index in [1.165, 1.54) is 128 Å². The quantitative estimate of drug-likeness (QED) is 0.0345. The van der Waals surface area contributed by atoms with Gasteiger partial charge in [-0.25, -0.2) is 0 Å². The second-order valence-electron chi connectivity index (χ2n) is 22.9. The standard InChI is InChI=1S/C66H123NO13/c1-5-9-13-17-21-25-29-35-43-61(69)75-53-59(54-76-62(70)44-36-30-26-22-18-14-10-6-2)57-79-65(73)47-39-33-41-49-67(51-52-68)50-42-34-40-48-66(74)80-58-60(55-77-63(71)45-37-31-27-23-19-15-11-7-3)56-78-64(72)46-38-32-28-24-20-16-12-8-4/h59-60,68H,5-58H2,1-4H3. The summed E-state index contributed by atoms with van der Waals surface area (Å²) < 4.78 is 33.6. The maximum atomic E-state index is 12.8. The number of aliphatic hydroxyl groups is 1. The summed E-state index contributed by atoms with van der Waals surface area (Å²) in [7, 11) is 0. The molecule has 80 heavy (non-hydrogen) atoms. The Morgan fingerprint density at radius 1 is 0.263 bits per heavy atom. The molecule has 0 heterocycles. The lowest BCUT2D eigenvalue weighted by atomic mass is 10.1. The normalized spacial score (nSPS) is 11.4. The van der Waals surface area contributed by atoms with Gasteiger partial charge in [0.2, 0.25) is 0 Å². The molecule has 0 aromatic rings. The molecule has 0 rings (SSSR count). The largest absolute Gasteiger partial charge is 0.465 e. The van der Waals surface area contributed by atoms with Crippen LogP contribution in [0.4, 0.5) is 0 Å². The van der Waals surface area contributed by atoms with E-state index in [-0.39, 0.29) is 94.9 Å². The summed E-state index contributed by atoms with van der Waals surface area (Å²) >= 11 is 0. The number of hydrogen-bond donors (Lipinski definition) is 1. The Balaban J connectivity index is 4.80. The van der Waals surface area contributed by atoms with Crippen LogP contribution in [0.15, 0.2) is 0 Å². The van der Waals surface area contributed by atoms with Crippen LogP contribution in [-0.4, -0.2) is 112 Å². The van der Waals surface area contributed by atoms with Gasteiger partial charge in [0, 0.05) is 45.1 Å². The maximum absolute atomic E-state index is 12.8. The van der Waals surface area contributed by atoms with E-state index in [4.69, 9.17) is 28.4 Å². The molecule has 0 atom stereocenters. The van der Waals surface area contributed by atoms with E-state index in [1.807, 2.05) is 0 Å². The summed E-state index contributed by atoms with van der Waals surface area (Å²) in [6.45, 7) is 11.1. The van der Waals surface area contributed by atoms with Gasteiger partial charge in [0.1, 0.15) is 39.6 Å². The van der Waals surface area contributed by atoms with Crippen molar-refractivity contribution in [1.29, 1.82) is 0 Å². The molecule has 0 aliphatic rings. The van der Waals surface area contributed by atoms with Crippen molar-refractivity contribution in [3.63, 3.8) is 0 Å². The van der Waals surface area contributed by atoms with Gasteiger partial charge in [-0.3, -0.25) is 28.8 Å². The van der Waals surface area contributed by atoms with Gasteiger partial charge >= 0.3 is 35.8 Å². The molecule has 0 radical (unpaired) electrons. The van der Waals surface area contributed by atoms with Crippen LogP contribution in [0.5, 0.6) is 0 Å². The highest BCUT2D eigenvalue weighted by molar-refractivity contribution is 5.71. The van der Waals surface area contributed by atoms with E-state index in [2.05, 4.69) is 32.6 Å². The average Bonchev–Trinajstić information content (AvgIpc) is 3.45. The molecule has 0 amide bonds. The fourth-order valence-electron chi connectivity index (χ4n) is 9.64. The van der Waals surface area contributed by atoms with Crippen molar-refractivity contribution in [1.82, 2.24) is 4.90 Å². The highest BCUT2D eigenvalue weighted by Gasteiger charge is 2.20. The SMILES string of the molecule is CCCCCCCCCCC(=O)OCC(COC(=O)CCCCCCCCCC)COC(=O)CCCCCN(CCO)CCCCCC(=O)OCC(COC(=O)CCCCCCCCCC)COC(=O)CCCCCCCCCC. The average molecular weight is 1140 g/mol. The lowest BCUT2D eigenvalue weighted by Crippen LogP contribution is -2.29. The number of carbonyl (C=O) groups excluding carboxylic acids is 6. The molecular formula is C66H123NO13. The zero-order chi connectivity index (χ0) is 58.6. The maximum Gasteiger partial charge on any atom is 0.305 e. The van der Waals surface area contributed by atoms with Crippen LogP contribution in [0.3, 0.4) is 0 Å². The molecule has 0 aliphatic carbocycles. The van der Waals surface area contributed by atoms with Crippen LogP contribution in [0.25, 0.3) is 0 Å². The summed E-state index contributed by atoms with van der Waals surface area (Å²) in [5.74, 6) is -2.69. The van der Waals surface area contributed by atoms with Crippen LogP contribution in [0.2, 0.25) is 0 Å². The van der Waals surface area contributed by atoms with Gasteiger partial charge in [-0.15, -0.1) is 0 Å². The fourth-order valence-corrected chi connectivity index (χ4v) is 9.64. The molecule has 0 aromatic heterocycles. The van der Waals surface area contributed by atoms with Crippen LogP contribution in [0, 0.1) is 11.8 Å². The van der Waals surface area contributed by atoms with Gasteiger partial charge in [0.25, 0.3) is 0 Å². The lowest BCUT2D eigenvalue weighted by molar-refractivity contribution is -0.156. The van der Waals surface area contributed by atoms with Crippen LogP contribution < -0.4 is 0 Å². The first-order chi connectivity index (χ1) is 39.1. The summed E-state index contributed by atoms with van der Waals surface area (Å²) in [5.41, 5.74) is 0. The molecule has 14 heteroatoms. The zero-order valence-electron chi connectivity index (χ0n) is 52.1. The smallest absolute Gasteiger partial charge is 0.305 e. The monoisotopic (exact) mass is 1140 g/mol. The Kier molecular flexibility index (Phi) is 57.9. The topological polar surface area (TPSA) is 181 Å². The summed E-state index contributed by atoms with van der Waals surface area (Å²) in [5, 5.41) is 9.75. The van der Waals surface area contributed by atoms with Gasteiger partial charge in [0.05, 0.1) is 18.4 Å². The van der Waals surface area contributed by atoms with Gasteiger partial charge in [-0.2, -0.15) is 0 Å². The molecule has 0 saturated heterocycles. The number of rotatable bonds is 62. The number of ether oxygens (including phenoxy) is 6. The van der Waals surface area contributed by atoms with E-state index in [0.29, 0.717) is 45.1 Å². The van der Waals surface area contributed by atoms with Crippen molar-refractivity contribution in [2.24, 2.45) is 11.8 Å². The third-order valence-corrected chi connectivity index (χ3v) is 14.9. The molecule has 0 saturated carbocycles. The van der Waals surface area contributed by atoms with Crippen molar-refractivity contribution in [3.8, 4) is 0 Å². The highest BCUT2D eigenvalue weighted by atomic mass is 16.6. The van der Waals surface area contributed by atoms with E-state index >= 15 is 0 Å². The van der Waals surface area contributed by atoms with Gasteiger partial charge in [-0.1, -0.05) is 220 Å². The van der Waals surface area contributed by atoms with Gasteiger partial charge < -0.3 is 38.4 Å². The number of nitrogens with zero attached hydrogens (tertiary/aromatic N) is 1. The third kappa shape index (κ3) is 55.3. The minimum Gasteiger partial charge on any atom is -0.465 e. The fraction of sp³-hybridized carbons (Fsp3) is 0.909. The minimum absolute atomic E-state index is 0.00460. The van der Waals surface area contributed by atoms with Crippen molar-refractivity contribution >= 4 is 35.8 Å². The van der Waals surface area contributed by atoms with E-state index in [0.717, 1.165) is 116 Å². The Morgan fingerprint density at radius 2 is 0.438 bits per heavy atom. The summed E-state index contributed by atoms with van der Waals surface area (Å²) in [4.78, 5) is 78.2. The molecule has 14 nitrogen and oxygen atoms in total. The molecule has 0 aromatic carbocycles. The summed E-state index contributed by atoms with van der Waals surface area (Å²) in [6.07, 6.45) is 42.7. The predicted molar refractivity (Wildman–Crippen MR) is 322 cm³/mol. The first-order valence-electron chi connectivity index (χ1n) is 33.3. The predicted octanol–water partition coefficient (Wildman–Crippen LogP) is 16.0. The number of unbranched alkanes of at least 4 members (excludes halogenated alkanes) is 32. The van der Waals surface area contributed by atoms with Crippen LogP contribution in [0.1, 0.15) is 310 Å². The Labute approximate surface area is 489 Å². The number of carbonyl (C=O) groups is 6. The second kappa shape index (κ2) is 60.3. The minimum atomic E-state index is -0.441. The molecule has 0 unspecified atom stereocenters. The number of aliphatic hydroxyl groups excluding tert-OH is 1. The van der Waals surface area contributed by atoms with E-state index < -0.39 is 11.8 Å². The second-order valence-corrected chi connectivity index (χ2v) is 22.9. The van der Waals surface area contributed by atoms with Crippen LogP contribution in [-0.2, 0) is 57.2 Å². The van der Waals surface area contributed by atoms with E-state index in [1.54, 1.807) is 0 Å². The first kappa shape index (κ1) is 76.7. The van der Waals surface area contributed by atoms with Crippen molar-refractivity contribution in [2.75, 3.05) is 65.9 Å². The molecule has 0 fully saturated rings. The van der Waals surface area contributed by atoms with Crippen molar-refractivity contribution in [2.45, 2.75) is 310 Å². The molecule has 470 valence electrons. The van der Waals surface area contributed by atoms with Crippen molar-refractivity contribution < 1.29 is 62.3 Å². The van der Waals surface area contributed by atoms with Gasteiger partial charge in [-0.05, 0) is 64.5 Å².